The van der Waals surface area contributed by atoms with E-state index in [9.17, 15) is 0 Å². The van der Waals surface area contributed by atoms with Crippen molar-refractivity contribution in [3.8, 4) is 22.3 Å². The molecule has 6 aliphatic rings. The number of hydrogen-bond acceptors (Lipinski definition) is 8. The van der Waals surface area contributed by atoms with Crippen molar-refractivity contribution in [1.29, 1.82) is 0 Å². The van der Waals surface area contributed by atoms with Crippen molar-refractivity contribution < 1.29 is 0 Å². The van der Waals surface area contributed by atoms with E-state index in [1.54, 1.807) is 0 Å². The van der Waals surface area contributed by atoms with Gasteiger partial charge in [-0.25, -0.2) is 0 Å². The molecule has 0 unspecified atom stereocenters. The Morgan fingerprint density at radius 2 is 0.386 bits per heavy atom. The Balaban J connectivity index is 1.10. The van der Waals surface area contributed by atoms with Gasteiger partial charge in [0, 0.05) is 66.0 Å². The van der Waals surface area contributed by atoms with Crippen molar-refractivity contribution >= 4 is 170 Å². The Morgan fingerprint density at radius 3 is 0.670 bits per heavy atom. The average molecular weight is 1200 g/mol. The van der Waals surface area contributed by atoms with Crippen LogP contribution in [0.25, 0.3) is 22.3 Å². The van der Waals surface area contributed by atoms with E-state index in [1.807, 2.05) is 0 Å². The fourth-order valence-electron chi connectivity index (χ4n) is 15.2. The molecule has 0 radical (unpaired) electrons. The molecule has 0 saturated carbocycles. The van der Waals surface area contributed by atoms with Crippen LogP contribution in [0.15, 0.2) is 303 Å². The number of benzene rings is 13. The molecule has 0 amide bonds. The number of rotatable bonds is 8. The molecule has 0 spiro atoms. The van der Waals surface area contributed by atoms with Gasteiger partial charge in [-0.3, -0.25) is 0 Å². The lowest BCUT2D eigenvalue weighted by Crippen LogP contribution is -2.53. The molecule has 13 aromatic rings. The molecular weight excluding hydrogens is 1150 g/mol. The highest BCUT2D eigenvalue weighted by Crippen LogP contribution is 2.76. The van der Waals surface area contributed by atoms with Crippen LogP contribution in [-0.4, -0.2) is 0 Å². The fourth-order valence-corrected chi connectivity index (χ4v) is 25.7. The number of anilines is 18. The molecule has 0 aliphatic carbocycles. The number of para-hydroxylation sites is 6. The van der Waals surface area contributed by atoms with Crippen LogP contribution >= 0.6 is 12.1 Å². The average Bonchev–Trinajstić information content (AvgIpc) is 0.639. The lowest BCUT2D eigenvalue weighted by Gasteiger charge is -2.57. The molecule has 0 saturated heterocycles. The molecule has 0 aromatic heterocycles. The second kappa shape index (κ2) is 18.7. The topological polar surface area (TPSA) is 19.4 Å². The molecule has 0 atom stereocenters. The molecule has 13 aromatic carbocycles. The smallest absolute Gasteiger partial charge is 0.0824 e. The maximum absolute atomic E-state index is 8.34. The van der Waals surface area contributed by atoms with E-state index in [4.69, 9.17) is 23.6 Å². The van der Waals surface area contributed by atoms with Crippen molar-refractivity contribution in [2.24, 2.45) is 0 Å². The zero-order chi connectivity index (χ0) is 58.0. The summed E-state index contributed by atoms with van der Waals surface area (Å²) in [6, 6.07) is 105. The molecule has 0 bridgehead atoms. The quantitative estimate of drug-likeness (QED) is 0.138. The molecule has 6 heterocycles. The van der Waals surface area contributed by atoms with Gasteiger partial charge in [-0.2, -0.15) is 0 Å². The standard InChI is InChI=1S/C78H50N6P2S2/c87-85-73-61-43-25-45-63(73)81(57-35-17-5-18-36-57)69-71-78-72(70(77(69)85)82(58-37-19-6-20-38-58)64-46-26-44-62(74(64)85)79(61)55-31-13-3-14-32-55)84(60-41-23-8-24-42-60)68-50-54(52-29-11-2-12-30-52)48-66-76(68)86(78,88)75-65(80(66)56-33-15-4-16-34-56)47-53(51-27-9-1-10-28-51)49-67(75)83(71)59-39-21-7-22-40-59/h1-50H. The van der Waals surface area contributed by atoms with Crippen LogP contribution in [0.3, 0.4) is 0 Å². The molecule has 414 valence electrons. The predicted octanol–water partition coefficient (Wildman–Crippen LogP) is 19.2. The minimum Gasteiger partial charge on any atom is -0.309 e. The van der Waals surface area contributed by atoms with Crippen LogP contribution < -0.4 is 61.2 Å². The second-order valence-electron chi connectivity index (χ2n) is 23.1. The van der Waals surface area contributed by atoms with Crippen LogP contribution in [-0.2, 0) is 23.6 Å². The maximum Gasteiger partial charge on any atom is 0.0824 e. The normalized spacial score (nSPS) is 15.0. The minimum atomic E-state index is -3.31. The summed E-state index contributed by atoms with van der Waals surface area (Å²) in [7, 11) is 0. The van der Waals surface area contributed by atoms with Crippen molar-refractivity contribution in [3.05, 3.63) is 303 Å². The predicted molar refractivity (Wildman–Crippen MR) is 379 cm³/mol. The van der Waals surface area contributed by atoms with Crippen LogP contribution in [0.5, 0.6) is 0 Å². The summed E-state index contributed by atoms with van der Waals surface area (Å²) in [4.78, 5) is 15.4. The van der Waals surface area contributed by atoms with Crippen molar-refractivity contribution in [3.63, 3.8) is 0 Å². The van der Waals surface area contributed by atoms with Gasteiger partial charge in [0.25, 0.3) is 0 Å². The van der Waals surface area contributed by atoms with E-state index in [-0.39, 0.29) is 0 Å². The first-order valence-corrected chi connectivity index (χ1v) is 35.4. The van der Waals surface area contributed by atoms with Crippen molar-refractivity contribution in [1.82, 2.24) is 0 Å². The summed E-state index contributed by atoms with van der Waals surface area (Å²) in [6.07, 6.45) is 0. The lowest BCUT2D eigenvalue weighted by atomic mass is 9.97. The summed E-state index contributed by atoms with van der Waals surface area (Å²) in [5.74, 6) is 0. The van der Waals surface area contributed by atoms with E-state index in [0.717, 1.165) is 135 Å². The van der Waals surface area contributed by atoms with E-state index in [0.29, 0.717) is 0 Å². The zero-order valence-corrected chi connectivity index (χ0v) is 50.7. The molecular formula is C78H50N6P2S2. The van der Waals surface area contributed by atoms with Crippen molar-refractivity contribution in [2.75, 3.05) is 29.4 Å². The third-order valence-electron chi connectivity index (χ3n) is 18.5. The maximum atomic E-state index is 8.34. The summed E-state index contributed by atoms with van der Waals surface area (Å²) in [6.45, 7) is 0. The van der Waals surface area contributed by atoms with Gasteiger partial charge in [0.2, 0.25) is 0 Å². The SMILES string of the molecule is S=P12c3c4cccc3N(c3ccccc3)c3c5c6c(c(c31)N(c1ccccc1)c1cccc(c12)N4c1ccccc1)N(c1ccccc1)c1cc(-c2ccccc2)cc2c1P6(=S)c1c(cc(-c3ccccc3)cc1N5c1ccccc1)N2c1ccccc1. The van der Waals surface area contributed by atoms with E-state index >= 15 is 0 Å². The molecule has 19 rings (SSSR count). The van der Waals surface area contributed by atoms with Gasteiger partial charge in [-0.15, -0.1) is 0 Å². The molecule has 6 nitrogen and oxygen atoms in total. The van der Waals surface area contributed by atoms with Crippen LogP contribution in [0.1, 0.15) is 0 Å². The first-order chi connectivity index (χ1) is 43.5. The van der Waals surface area contributed by atoms with E-state index in [2.05, 4.69) is 333 Å². The van der Waals surface area contributed by atoms with Gasteiger partial charge in [0.15, 0.2) is 0 Å². The number of nitrogens with zero attached hydrogens (tertiary/aromatic N) is 6. The van der Waals surface area contributed by atoms with Crippen LogP contribution in [0, 0.1) is 0 Å². The minimum absolute atomic E-state index is 1.03. The largest absolute Gasteiger partial charge is 0.309 e. The first-order valence-electron chi connectivity index (χ1n) is 29.8. The van der Waals surface area contributed by atoms with E-state index < -0.39 is 12.1 Å². The highest BCUT2D eigenvalue weighted by molar-refractivity contribution is 8.27. The van der Waals surface area contributed by atoms with Crippen LogP contribution in [0.4, 0.5) is 102 Å². The number of hydrogen-bond donors (Lipinski definition) is 0. The Bertz CT molecular complexity index is 4900. The van der Waals surface area contributed by atoms with Gasteiger partial charge in [-0.05, 0) is 144 Å². The molecule has 0 N–H and O–H groups in total. The zero-order valence-electron chi connectivity index (χ0n) is 47.3. The Kier molecular flexibility index (Phi) is 10.7. The lowest BCUT2D eigenvalue weighted by molar-refractivity contribution is 1.18. The summed E-state index contributed by atoms with van der Waals surface area (Å²) < 4.78 is 0. The van der Waals surface area contributed by atoms with Gasteiger partial charge >= 0.3 is 0 Å². The number of fused-ring (bicyclic) bond motifs is 2. The third-order valence-corrected chi connectivity index (χ3v) is 28.2. The summed E-state index contributed by atoms with van der Waals surface area (Å²) in [5.41, 5.74) is 23.6. The van der Waals surface area contributed by atoms with Gasteiger partial charge < -0.3 is 29.4 Å². The highest BCUT2D eigenvalue weighted by Gasteiger charge is 2.60. The second-order valence-corrected chi connectivity index (χ2v) is 31.5. The monoisotopic (exact) mass is 1200 g/mol. The van der Waals surface area contributed by atoms with Crippen LogP contribution in [0.2, 0.25) is 0 Å². The highest BCUT2D eigenvalue weighted by atomic mass is 32.4. The Morgan fingerprint density at radius 1 is 0.182 bits per heavy atom. The van der Waals surface area contributed by atoms with Gasteiger partial charge in [-0.1, -0.05) is 206 Å². The molecule has 0 fully saturated rings. The summed E-state index contributed by atoms with van der Waals surface area (Å²) in [5, 5.41) is 6.98. The summed E-state index contributed by atoms with van der Waals surface area (Å²) >= 11 is 16.5. The first kappa shape index (κ1) is 50.1. The van der Waals surface area contributed by atoms with E-state index in [1.165, 1.54) is 21.2 Å². The molecule has 10 heteroatoms. The fraction of sp³-hybridized carbons (Fsp3) is 0. The molecule has 6 aliphatic heterocycles. The van der Waals surface area contributed by atoms with Gasteiger partial charge in [0.1, 0.15) is 0 Å². The van der Waals surface area contributed by atoms with Gasteiger partial charge in [0.05, 0.1) is 80.3 Å². The third kappa shape index (κ3) is 6.62. The van der Waals surface area contributed by atoms with Crippen molar-refractivity contribution in [2.45, 2.75) is 0 Å². The Labute approximate surface area is 521 Å². The molecule has 88 heavy (non-hydrogen) atoms. The Hall–Kier alpha value is -10.0.